The van der Waals surface area contributed by atoms with Gasteiger partial charge in [0.05, 0.1) is 88.7 Å². The van der Waals surface area contributed by atoms with E-state index in [1.54, 1.807) is 19.4 Å². The topological polar surface area (TPSA) is 164 Å². The molecule has 0 radical (unpaired) electrons. The molecule has 0 aromatic heterocycles. The summed E-state index contributed by atoms with van der Waals surface area (Å²) < 4.78 is 47.9. The molecule has 4 aromatic rings. The largest absolute Gasteiger partial charge is 0.490 e. The predicted molar refractivity (Wildman–Crippen MR) is 240 cm³/mol. The molecule has 1 heterocycles. The summed E-state index contributed by atoms with van der Waals surface area (Å²) >= 11 is 0. The quantitative estimate of drug-likeness (QED) is 0.0458. The maximum atomic E-state index is 11.7. The minimum absolute atomic E-state index is 0.123. The molecule has 16 nitrogen and oxygen atoms in total. The molecule has 0 unspecified atom stereocenters. The van der Waals surface area contributed by atoms with E-state index in [1.807, 2.05) is 57.2 Å². The van der Waals surface area contributed by atoms with Crippen molar-refractivity contribution in [3.8, 4) is 17.2 Å². The summed E-state index contributed by atoms with van der Waals surface area (Å²) in [6.45, 7) is 13.3. The molecule has 0 aliphatic carbocycles. The van der Waals surface area contributed by atoms with Crippen molar-refractivity contribution in [1.29, 1.82) is 0 Å². The third-order valence-corrected chi connectivity index (χ3v) is 9.54. The molecule has 0 N–H and O–H groups in total. The number of aryl methyl sites for hydroxylation is 2. The van der Waals surface area contributed by atoms with Gasteiger partial charge in [-0.05, 0) is 91.7 Å². The van der Waals surface area contributed by atoms with E-state index >= 15 is 0 Å². The number of benzene rings is 4. The average molecular weight is 855 g/mol. The third kappa shape index (κ3) is 15.3. The highest BCUT2D eigenvalue weighted by atomic mass is 16.5. The number of methoxy groups -OCH3 is 1. The Morgan fingerprint density at radius 3 is 2.26 bits per heavy atom. The lowest BCUT2D eigenvalue weighted by Crippen LogP contribution is -2.34. The molecule has 0 saturated carbocycles. The number of hydrogen-bond donors (Lipinski definition) is 0. The second kappa shape index (κ2) is 26.5. The lowest BCUT2D eigenvalue weighted by Gasteiger charge is -2.29. The van der Waals surface area contributed by atoms with Gasteiger partial charge in [-0.15, -0.1) is 10.0 Å². The second-order valence-corrected chi connectivity index (χ2v) is 14.1. The highest BCUT2D eigenvalue weighted by Gasteiger charge is 2.18. The summed E-state index contributed by atoms with van der Waals surface area (Å²) in [5.41, 5.74) is 5.59. The molecule has 0 saturated heterocycles. The number of ether oxygens (including phenoxy) is 8. The number of nitrogens with zero attached hydrogens (tertiary/aromatic N) is 6. The highest BCUT2D eigenvalue weighted by Crippen LogP contribution is 2.36. The molecule has 332 valence electrons. The first-order valence-corrected chi connectivity index (χ1v) is 20.8. The fourth-order valence-corrected chi connectivity index (χ4v) is 6.36. The summed E-state index contributed by atoms with van der Waals surface area (Å²) in [7, 11) is 1.61. The zero-order valence-corrected chi connectivity index (χ0v) is 36.2. The Bertz CT molecular complexity index is 2070. The smallest absolute Gasteiger partial charge is 0.152 e. The van der Waals surface area contributed by atoms with Crippen LogP contribution in [0.15, 0.2) is 93.2 Å². The van der Waals surface area contributed by atoms with Crippen molar-refractivity contribution < 1.29 is 42.7 Å². The molecule has 0 bridgehead atoms. The molecule has 1 aliphatic rings. The Morgan fingerprint density at radius 1 is 0.726 bits per heavy atom. The van der Waals surface area contributed by atoms with E-state index in [1.165, 1.54) is 18.2 Å². The van der Waals surface area contributed by atoms with Crippen LogP contribution in [-0.4, -0.2) is 125 Å². The van der Waals surface area contributed by atoms with E-state index < -0.39 is 0 Å². The van der Waals surface area contributed by atoms with E-state index in [9.17, 15) is 9.70 Å². The Kier molecular flexibility index (Phi) is 20.2. The van der Waals surface area contributed by atoms with Gasteiger partial charge in [-0.3, -0.25) is 9.79 Å². The molecule has 1 aliphatic heterocycles. The normalized spacial score (nSPS) is 14.6. The number of nitroso groups, excluding NO2 is 1. The van der Waals surface area contributed by atoms with E-state index in [0.717, 1.165) is 28.3 Å². The molecule has 0 spiro atoms. The summed E-state index contributed by atoms with van der Waals surface area (Å²) in [4.78, 5) is 31.8. The number of anilines is 2. The number of carbonyl (C=O) groups is 1. The number of aliphatic imine (C=N–C) groups is 1. The van der Waals surface area contributed by atoms with Crippen LogP contribution in [0, 0.1) is 18.8 Å². The van der Waals surface area contributed by atoms with Crippen LogP contribution < -0.4 is 24.0 Å². The fourth-order valence-electron chi connectivity index (χ4n) is 6.36. The van der Waals surface area contributed by atoms with Crippen LogP contribution in [-0.2, 0) is 23.7 Å². The lowest BCUT2D eigenvalue weighted by molar-refractivity contribution is 0.0532. The van der Waals surface area contributed by atoms with Gasteiger partial charge in [0.25, 0.3) is 0 Å². The molecule has 16 heteroatoms. The molecule has 62 heavy (non-hydrogen) atoms. The number of carbonyl (C=O) groups excluding carboxylic acids is 1. The molecule has 5 rings (SSSR count). The van der Waals surface area contributed by atoms with Gasteiger partial charge in [-0.2, -0.15) is 5.11 Å². The van der Waals surface area contributed by atoms with Crippen LogP contribution in [0.25, 0.3) is 0 Å². The summed E-state index contributed by atoms with van der Waals surface area (Å²) in [5, 5.41) is 11.6. The number of aldehydes is 1. The van der Waals surface area contributed by atoms with Crippen LogP contribution in [0.3, 0.4) is 0 Å². The van der Waals surface area contributed by atoms with Gasteiger partial charge in [-0.1, -0.05) is 12.1 Å². The minimum atomic E-state index is 0.123. The third-order valence-electron chi connectivity index (χ3n) is 9.54. The number of azo groups is 1. The van der Waals surface area contributed by atoms with Crippen molar-refractivity contribution in [2.45, 2.75) is 20.8 Å². The van der Waals surface area contributed by atoms with Crippen LogP contribution >= 0.6 is 0 Å². The summed E-state index contributed by atoms with van der Waals surface area (Å²) in [5.74, 6) is 1.93. The fraction of sp³-hybridized carbons (Fsp3) is 0.435. The van der Waals surface area contributed by atoms with Gasteiger partial charge in [0, 0.05) is 44.7 Å². The first kappa shape index (κ1) is 47.3. The first-order valence-electron chi connectivity index (χ1n) is 20.8. The molecular formula is C46H58N6O10. The SMILES string of the molecule is CCOCCOCCN1CCOCCOCC=Nc2ccc(C)cc2OCCN(c2ccc(N=Nc3ccc(N=O)cc3C=O)cc2OCCOC)CCOc2cc(C)ccc21. The molecule has 0 amide bonds. The summed E-state index contributed by atoms with van der Waals surface area (Å²) in [6.07, 6.45) is 2.34. The molecule has 0 atom stereocenters. The van der Waals surface area contributed by atoms with Crippen molar-refractivity contribution >= 4 is 46.6 Å². The number of rotatable bonds is 16. The Balaban J connectivity index is 1.46. The maximum Gasteiger partial charge on any atom is 0.152 e. The monoisotopic (exact) mass is 854 g/mol. The predicted octanol–water partition coefficient (Wildman–Crippen LogP) is 8.53. The van der Waals surface area contributed by atoms with Crippen molar-refractivity contribution in [3.63, 3.8) is 0 Å². The van der Waals surface area contributed by atoms with Gasteiger partial charge >= 0.3 is 0 Å². The molecular weight excluding hydrogens is 797 g/mol. The zero-order valence-electron chi connectivity index (χ0n) is 36.2. The van der Waals surface area contributed by atoms with Gasteiger partial charge in [-0.25, -0.2) is 0 Å². The highest BCUT2D eigenvalue weighted by molar-refractivity contribution is 5.84. The van der Waals surface area contributed by atoms with Gasteiger partial charge < -0.3 is 47.7 Å². The summed E-state index contributed by atoms with van der Waals surface area (Å²) in [6, 6.07) is 22.0. The van der Waals surface area contributed by atoms with Crippen LogP contribution in [0.2, 0.25) is 0 Å². The molecule has 0 fully saturated rings. The van der Waals surface area contributed by atoms with Crippen molar-refractivity contribution in [2.75, 3.05) is 122 Å². The van der Waals surface area contributed by atoms with Crippen LogP contribution in [0.1, 0.15) is 28.4 Å². The molecule has 4 aromatic carbocycles. The Morgan fingerprint density at radius 2 is 1.47 bits per heavy atom. The van der Waals surface area contributed by atoms with Crippen LogP contribution in [0.5, 0.6) is 17.2 Å². The standard InChI is InChI=1S/C46H58N6O10/c1-5-56-25-26-58-20-15-51-16-21-59-28-27-57-19-14-47-41-10-6-35(2)30-44(41)60-22-17-52(18-23-61-45-31-36(3)7-12-42(45)51)43-13-9-38(33-46(43)62-29-24-55-4)48-49-40-11-8-39(50-54)32-37(40)34-53/h6-14,30-34H,5,15-29H2,1-4H3. The van der Waals surface area contributed by atoms with Crippen molar-refractivity contribution in [3.05, 3.63) is 94.4 Å². The average Bonchev–Trinajstić information content (AvgIpc) is 3.28. The van der Waals surface area contributed by atoms with Crippen LogP contribution in [0.4, 0.5) is 34.1 Å². The van der Waals surface area contributed by atoms with Gasteiger partial charge in [0.1, 0.15) is 48.4 Å². The van der Waals surface area contributed by atoms with Gasteiger partial charge in [0.15, 0.2) is 6.29 Å². The lowest BCUT2D eigenvalue weighted by atomic mass is 10.2. The Labute approximate surface area is 363 Å². The van der Waals surface area contributed by atoms with E-state index in [4.69, 9.17) is 37.9 Å². The zero-order chi connectivity index (χ0) is 43.8. The van der Waals surface area contributed by atoms with E-state index in [0.29, 0.717) is 134 Å². The number of hydrogen-bond acceptors (Lipinski definition) is 16. The number of fused-ring (bicyclic) bond motifs is 2. The van der Waals surface area contributed by atoms with Crippen molar-refractivity contribution in [1.82, 2.24) is 0 Å². The second-order valence-electron chi connectivity index (χ2n) is 14.1. The van der Waals surface area contributed by atoms with E-state index in [-0.39, 0.29) is 17.9 Å². The van der Waals surface area contributed by atoms with Crippen molar-refractivity contribution in [2.24, 2.45) is 20.4 Å². The minimum Gasteiger partial charge on any atom is -0.490 e. The van der Waals surface area contributed by atoms with E-state index in [2.05, 4.69) is 42.3 Å². The maximum absolute atomic E-state index is 11.7. The first-order chi connectivity index (χ1) is 30.4. The Hall–Kier alpha value is -5.78. The van der Waals surface area contributed by atoms with Gasteiger partial charge in [0.2, 0.25) is 0 Å².